The normalized spacial score (nSPS) is 31.6. The monoisotopic (exact) mass is 281 g/mol. The Kier molecular flexibility index (Phi) is 5.08. The molecule has 2 aliphatic carbocycles. The molecule has 0 bridgehead atoms. The van der Waals surface area contributed by atoms with Crippen LogP contribution in [0.15, 0.2) is 0 Å². The first-order valence-corrected chi connectivity index (χ1v) is 8.23. The van der Waals surface area contributed by atoms with Crippen LogP contribution in [-0.4, -0.2) is 42.0 Å². The third kappa shape index (κ3) is 3.17. The van der Waals surface area contributed by atoms with Gasteiger partial charge < -0.3 is 11.1 Å². The molecule has 4 nitrogen and oxygen atoms in total. The summed E-state index contributed by atoms with van der Waals surface area (Å²) in [6.45, 7) is 5.72. The second-order valence-electron chi connectivity index (χ2n) is 7.12. The van der Waals surface area contributed by atoms with Crippen LogP contribution in [0.2, 0.25) is 0 Å². The van der Waals surface area contributed by atoms with Crippen LogP contribution in [0.4, 0.5) is 0 Å². The van der Waals surface area contributed by atoms with E-state index in [0.717, 1.165) is 31.8 Å². The van der Waals surface area contributed by atoms with Gasteiger partial charge in [0.05, 0.1) is 5.54 Å². The molecule has 2 rings (SSSR count). The Balaban J connectivity index is 2.08. The lowest BCUT2D eigenvalue weighted by Gasteiger charge is -2.37. The molecule has 0 radical (unpaired) electrons. The third-order valence-electron chi connectivity index (χ3n) is 5.28. The zero-order chi connectivity index (χ0) is 14.8. The SMILES string of the molecule is CNC1(C(N)=O)CCC(N(CC(C)C)C2CCCC2)C1. The minimum absolute atomic E-state index is 0.182. The van der Waals surface area contributed by atoms with Crippen molar-refractivity contribution in [3.8, 4) is 0 Å². The minimum atomic E-state index is -0.474. The van der Waals surface area contributed by atoms with Gasteiger partial charge in [0.2, 0.25) is 5.91 Å². The van der Waals surface area contributed by atoms with Crippen LogP contribution in [0, 0.1) is 5.92 Å². The van der Waals surface area contributed by atoms with E-state index >= 15 is 0 Å². The fourth-order valence-corrected chi connectivity index (χ4v) is 4.13. The summed E-state index contributed by atoms with van der Waals surface area (Å²) in [5.74, 6) is 0.493. The Morgan fingerprint density at radius 2 is 1.95 bits per heavy atom. The van der Waals surface area contributed by atoms with Crippen LogP contribution in [0.25, 0.3) is 0 Å². The fourth-order valence-electron chi connectivity index (χ4n) is 4.13. The summed E-state index contributed by atoms with van der Waals surface area (Å²) >= 11 is 0. The summed E-state index contributed by atoms with van der Waals surface area (Å²) in [4.78, 5) is 14.5. The van der Waals surface area contributed by atoms with Crippen molar-refractivity contribution in [1.29, 1.82) is 0 Å². The van der Waals surface area contributed by atoms with Crippen molar-refractivity contribution < 1.29 is 4.79 Å². The number of carbonyl (C=O) groups is 1. The average molecular weight is 281 g/mol. The summed E-state index contributed by atoms with van der Waals surface area (Å²) in [6, 6.07) is 1.24. The van der Waals surface area contributed by atoms with Crippen LogP contribution < -0.4 is 11.1 Å². The van der Waals surface area contributed by atoms with E-state index in [1.165, 1.54) is 25.7 Å². The maximum absolute atomic E-state index is 11.8. The van der Waals surface area contributed by atoms with E-state index < -0.39 is 5.54 Å². The maximum Gasteiger partial charge on any atom is 0.237 e. The van der Waals surface area contributed by atoms with Gasteiger partial charge in [-0.25, -0.2) is 0 Å². The molecule has 116 valence electrons. The van der Waals surface area contributed by atoms with Gasteiger partial charge in [-0.05, 0) is 45.1 Å². The predicted molar refractivity (Wildman–Crippen MR) is 82.4 cm³/mol. The zero-order valence-electron chi connectivity index (χ0n) is 13.3. The Hall–Kier alpha value is -0.610. The van der Waals surface area contributed by atoms with Crippen molar-refractivity contribution in [2.45, 2.75) is 76.4 Å². The Morgan fingerprint density at radius 1 is 1.30 bits per heavy atom. The molecule has 0 heterocycles. The van der Waals surface area contributed by atoms with Crippen molar-refractivity contribution >= 4 is 5.91 Å². The Bertz CT molecular complexity index is 339. The lowest BCUT2D eigenvalue weighted by Crippen LogP contribution is -2.53. The first kappa shape index (κ1) is 15.8. The number of hydrogen-bond acceptors (Lipinski definition) is 3. The highest BCUT2D eigenvalue weighted by Gasteiger charge is 2.45. The molecule has 0 saturated heterocycles. The summed E-state index contributed by atoms with van der Waals surface area (Å²) in [5.41, 5.74) is 5.17. The van der Waals surface area contributed by atoms with E-state index in [2.05, 4.69) is 24.1 Å². The van der Waals surface area contributed by atoms with Crippen molar-refractivity contribution in [2.75, 3.05) is 13.6 Å². The lowest BCUT2D eigenvalue weighted by atomic mass is 9.96. The molecule has 0 aromatic heterocycles. The molecule has 2 unspecified atom stereocenters. The van der Waals surface area contributed by atoms with E-state index in [4.69, 9.17) is 5.73 Å². The highest BCUT2D eigenvalue weighted by molar-refractivity contribution is 5.85. The predicted octanol–water partition coefficient (Wildman–Crippen LogP) is 1.88. The van der Waals surface area contributed by atoms with E-state index in [1.807, 2.05) is 7.05 Å². The van der Waals surface area contributed by atoms with E-state index in [9.17, 15) is 4.79 Å². The molecule has 3 N–H and O–H groups in total. The number of nitrogens with one attached hydrogen (secondary N) is 1. The largest absolute Gasteiger partial charge is 0.368 e. The molecule has 1 amide bonds. The molecule has 0 aromatic carbocycles. The molecule has 0 aliphatic heterocycles. The highest BCUT2D eigenvalue weighted by Crippen LogP contribution is 2.36. The van der Waals surface area contributed by atoms with E-state index in [-0.39, 0.29) is 5.91 Å². The quantitative estimate of drug-likeness (QED) is 0.781. The van der Waals surface area contributed by atoms with Gasteiger partial charge in [0.15, 0.2) is 0 Å². The molecular formula is C16H31N3O. The molecule has 2 aliphatic rings. The van der Waals surface area contributed by atoms with Gasteiger partial charge in [-0.3, -0.25) is 9.69 Å². The van der Waals surface area contributed by atoms with Crippen molar-refractivity contribution in [2.24, 2.45) is 11.7 Å². The van der Waals surface area contributed by atoms with Crippen molar-refractivity contribution in [3.05, 3.63) is 0 Å². The summed E-state index contributed by atoms with van der Waals surface area (Å²) in [7, 11) is 1.87. The molecule has 0 aromatic rings. The number of hydrogen-bond donors (Lipinski definition) is 2. The van der Waals surface area contributed by atoms with E-state index in [0.29, 0.717) is 12.0 Å². The minimum Gasteiger partial charge on any atom is -0.368 e. The van der Waals surface area contributed by atoms with Gasteiger partial charge in [0.25, 0.3) is 0 Å². The molecular weight excluding hydrogens is 250 g/mol. The van der Waals surface area contributed by atoms with Gasteiger partial charge >= 0.3 is 0 Å². The number of nitrogens with zero attached hydrogens (tertiary/aromatic N) is 1. The first-order chi connectivity index (χ1) is 9.48. The maximum atomic E-state index is 11.8. The molecule has 2 atom stereocenters. The van der Waals surface area contributed by atoms with Crippen LogP contribution in [0.3, 0.4) is 0 Å². The summed E-state index contributed by atoms with van der Waals surface area (Å²) in [5, 5.41) is 3.20. The molecule has 2 saturated carbocycles. The van der Waals surface area contributed by atoms with Gasteiger partial charge in [-0.2, -0.15) is 0 Å². The molecule has 0 spiro atoms. The topological polar surface area (TPSA) is 58.4 Å². The summed E-state index contributed by atoms with van der Waals surface area (Å²) < 4.78 is 0. The number of carbonyl (C=O) groups excluding carboxylic acids is 1. The van der Waals surface area contributed by atoms with Crippen molar-refractivity contribution in [1.82, 2.24) is 10.2 Å². The van der Waals surface area contributed by atoms with Gasteiger partial charge in [-0.1, -0.05) is 26.7 Å². The second kappa shape index (κ2) is 6.44. The fraction of sp³-hybridized carbons (Fsp3) is 0.938. The van der Waals surface area contributed by atoms with E-state index in [1.54, 1.807) is 0 Å². The molecule has 4 heteroatoms. The number of amides is 1. The standard InChI is InChI=1S/C16H31N3O/c1-12(2)11-19(13-6-4-5-7-13)14-8-9-16(10-14,18-3)15(17)20/h12-14,18H,4-11H2,1-3H3,(H2,17,20). The Morgan fingerprint density at radius 3 is 2.40 bits per heavy atom. The number of nitrogens with two attached hydrogens (primary N) is 1. The lowest BCUT2D eigenvalue weighted by molar-refractivity contribution is -0.124. The first-order valence-electron chi connectivity index (χ1n) is 8.23. The molecule has 2 fully saturated rings. The second-order valence-corrected chi connectivity index (χ2v) is 7.12. The number of primary amides is 1. The smallest absolute Gasteiger partial charge is 0.237 e. The number of likely N-dealkylation sites (N-methyl/N-ethyl adjacent to an activating group) is 1. The third-order valence-corrected chi connectivity index (χ3v) is 5.28. The van der Waals surface area contributed by atoms with Gasteiger partial charge in [-0.15, -0.1) is 0 Å². The van der Waals surface area contributed by atoms with Crippen LogP contribution >= 0.6 is 0 Å². The molecule has 20 heavy (non-hydrogen) atoms. The average Bonchev–Trinajstić information content (AvgIpc) is 3.06. The zero-order valence-corrected chi connectivity index (χ0v) is 13.3. The van der Waals surface area contributed by atoms with Crippen LogP contribution in [0.1, 0.15) is 58.8 Å². The van der Waals surface area contributed by atoms with Gasteiger partial charge in [0.1, 0.15) is 0 Å². The number of rotatable bonds is 6. The van der Waals surface area contributed by atoms with Crippen molar-refractivity contribution in [3.63, 3.8) is 0 Å². The van der Waals surface area contributed by atoms with Gasteiger partial charge in [0, 0.05) is 18.6 Å². The Labute approximate surface area is 123 Å². The highest BCUT2D eigenvalue weighted by atomic mass is 16.1. The summed E-state index contributed by atoms with van der Waals surface area (Å²) in [6.07, 6.45) is 8.22. The van der Waals surface area contributed by atoms with Crippen LogP contribution in [-0.2, 0) is 4.79 Å². The van der Waals surface area contributed by atoms with Crippen LogP contribution in [0.5, 0.6) is 0 Å².